The summed E-state index contributed by atoms with van der Waals surface area (Å²) < 4.78 is 4.37. The van der Waals surface area contributed by atoms with Gasteiger partial charge in [0.1, 0.15) is 6.26 Å². The molecule has 3 heterocycles. The number of hydroxylamine groups is 1. The maximum Gasteiger partial charge on any atom is 0.332 e. The van der Waals surface area contributed by atoms with Gasteiger partial charge in [0.05, 0.1) is 11.9 Å². The smallest absolute Gasteiger partial charge is 0.332 e. The number of unbranched alkanes of at least 4 members (excludes halogenated alkanes) is 1. The van der Waals surface area contributed by atoms with Crippen LogP contribution in [0.4, 0.5) is 0 Å². The second-order valence-corrected chi connectivity index (χ2v) is 6.22. The highest BCUT2D eigenvalue weighted by atomic mass is 16.6. The highest BCUT2D eigenvalue weighted by molar-refractivity contribution is 5.69. The SMILES string of the molecule is Cn1cnc2c1c(=O)n(CCCCC1(C)C=CON1)c(=O)n2C. The Morgan fingerprint density at radius 1 is 1.30 bits per heavy atom. The monoisotopic (exact) mass is 319 g/mol. The van der Waals surface area contributed by atoms with Gasteiger partial charge >= 0.3 is 5.69 Å². The van der Waals surface area contributed by atoms with E-state index >= 15 is 0 Å². The van der Waals surface area contributed by atoms with Gasteiger partial charge in [-0.25, -0.2) is 9.78 Å². The molecule has 1 atom stereocenters. The molecular weight excluding hydrogens is 298 g/mol. The Bertz CT molecular complexity index is 876. The predicted octanol–water partition coefficient (Wildman–Crippen LogP) is 0.411. The van der Waals surface area contributed by atoms with Gasteiger partial charge in [0.15, 0.2) is 11.2 Å². The molecule has 0 aliphatic carbocycles. The molecule has 0 fully saturated rings. The van der Waals surface area contributed by atoms with Crippen LogP contribution in [0.5, 0.6) is 0 Å². The molecule has 0 saturated carbocycles. The Labute approximate surface area is 133 Å². The second-order valence-electron chi connectivity index (χ2n) is 6.22. The van der Waals surface area contributed by atoms with Crippen molar-refractivity contribution in [2.75, 3.05) is 0 Å². The third-order valence-corrected chi connectivity index (χ3v) is 4.32. The zero-order valence-corrected chi connectivity index (χ0v) is 13.6. The predicted molar refractivity (Wildman–Crippen MR) is 85.8 cm³/mol. The first-order chi connectivity index (χ1) is 10.9. The van der Waals surface area contributed by atoms with Gasteiger partial charge in [-0.1, -0.05) is 0 Å². The Balaban J connectivity index is 1.78. The lowest BCUT2D eigenvalue weighted by atomic mass is 9.96. The second kappa shape index (κ2) is 5.69. The molecule has 2 aromatic heterocycles. The molecule has 0 aromatic carbocycles. The van der Waals surface area contributed by atoms with E-state index in [2.05, 4.69) is 10.5 Å². The van der Waals surface area contributed by atoms with Crippen molar-refractivity contribution in [1.82, 2.24) is 24.2 Å². The lowest BCUT2D eigenvalue weighted by molar-refractivity contribution is 0.100. The van der Waals surface area contributed by atoms with Gasteiger partial charge < -0.3 is 9.40 Å². The van der Waals surface area contributed by atoms with E-state index in [0.717, 1.165) is 19.3 Å². The molecule has 0 spiro atoms. The van der Waals surface area contributed by atoms with Gasteiger partial charge in [-0.2, -0.15) is 0 Å². The number of hydrogen-bond donors (Lipinski definition) is 1. The van der Waals surface area contributed by atoms with Crippen LogP contribution in [-0.2, 0) is 25.5 Å². The number of aryl methyl sites for hydroxylation is 2. The summed E-state index contributed by atoms with van der Waals surface area (Å²) in [5, 5.41) is 0. The van der Waals surface area contributed by atoms with Gasteiger partial charge in [-0.05, 0) is 32.3 Å². The molecule has 0 radical (unpaired) electrons. The summed E-state index contributed by atoms with van der Waals surface area (Å²) in [6.07, 6.45) is 7.64. The van der Waals surface area contributed by atoms with Crippen molar-refractivity contribution in [3.8, 4) is 0 Å². The molecule has 2 aromatic rings. The molecule has 124 valence electrons. The molecule has 1 N–H and O–H groups in total. The zero-order valence-electron chi connectivity index (χ0n) is 13.6. The van der Waals surface area contributed by atoms with E-state index in [-0.39, 0.29) is 16.8 Å². The van der Waals surface area contributed by atoms with Crippen molar-refractivity contribution in [3.05, 3.63) is 39.5 Å². The van der Waals surface area contributed by atoms with E-state index in [9.17, 15) is 9.59 Å². The maximum absolute atomic E-state index is 12.5. The third kappa shape index (κ3) is 2.70. The summed E-state index contributed by atoms with van der Waals surface area (Å²) in [7, 11) is 3.39. The number of hydrogen-bond acceptors (Lipinski definition) is 5. The van der Waals surface area contributed by atoms with Crippen LogP contribution in [0.25, 0.3) is 11.2 Å². The first kappa shape index (κ1) is 15.5. The Hall–Kier alpha value is -2.35. The number of rotatable bonds is 5. The average Bonchev–Trinajstić information content (AvgIpc) is 3.11. The minimum absolute atomic E-state index is 0.179. The fraction of sp³-hybridized carbons (Fsp3) is 0.533. The van der Waals surface area contributed by atoms with E-state index in [1.807, 2.05) is 13.0 Å². The van der Waals surface area contributed by atoms with E-state index in [0.29, 0.717) is 17.7 Å². The molecule has 1 aliphatic heterocycles. The average molecular weight is 319 g/mol. The summed E-state index contributed by atoms with van der Waals surface area (Å²) in [6, 6.07) is 0. The van der Waals surface area contributed by atoms with Crippen LogP contribution in [0.1, 0.15) is 26.2 Å². The van der Waals surface area contributed by atoms with Crippen molar-refractivity contribution < 1.29 is 4.84 Å². The van der Waals surface area contributed by atoms with Gasteiger partial charge in [0.2, 0.25) is 0 Å². The molecule has 23 heavy (non-hydrogen) atoms. The van der Waals surface area contributed by atoms with Gasteiger partial charge in [0, 0.05) is 20.6 Å². The fourth-order valence-corrected chi connectivity index (χ4v) is 2.88. The molecule has 0 amide bonds. The lowest BCUT2D eigenvalue weighted by Crippen LogP contribution is -2.40. The molecule has 1 aliphatic rings. The normalized spacial score (nSPS) is 20.3. The minimum Gasteiger partial charge on any atom is -0.416 e. The summed E-state index contributed by atoms with van der Waals surface area (Å²) in [5.74, 6) is 0. The van der Waals surface area contributed by atoms with E-state index in [4.69, 9.17) is 4.84 Å². The standard InChI is InChI=1S/C15H21N5O3/c1-15(7-9-23-17-15)6-4-5-8-20-13(21)11-12(16-10-18(11)2)19(3)14(20)22/h7,9-10,17H,4-6,8H2,1-3H3. The fourth-order valence-electron chi connectivity index (χ4n) is 2.88. The summed E-state index contributed by atoms with van der Waals surface area (Å²) >= 11 is 0. The van der Waals surface area contributed by atoms with Crippen molar-refractivity contribution in [2.24, 2.45) is 14.1 Å². The van der Waals surface area contributed by atoms with Crippen LogP contribution in [0.3, 0.4) is 0 Å². The van der Waals surface area contributed by atoms with Crippen LogP contribution in [-0.4, -0.2) is 24.2 Å². The summed E-state index contributed by atoms with van der Waals surface area (Å²) in [5.41, 5.74) is 3.02. The number of nitrogens with zero attached hydrogens (tertiary/aromatic N) is 4. The summed E-state index contributed by atoms with van der Waals surface area (Å²) in [4.78, 5) is 34.1. The van der Waals surface area contributed by atoms with E-state index < -0.39 is 0 Å². The van der Waals surface area contributed by atoms with Gasteiger partial charge in [0.25, 0.3) is 5.56 Å². The summed E-state index contributed by atoms with van der Waals surface area (Å²) in [6.45, 7) is 2.44. The molecular formula is C15H21N5O3. The van der Waals surface area contributed by atoms with Crippen LogP contribution < -0.4 is 16.7 Å². The Morgan fingerprint density at radius 3 is 2.78 bits per heavy atom. The zero-order chi connectivity index (χ0) is 16.6. The number of aromatic nitrogens is 4. The molecule has 3 rings (SSSR count). The Morgan fingerprint density at radius 2 is 2.09 bits per heavy atom. The number of imidazole rings is 1. The number of nitrogens with one attached hydrogen (secondary N) is 1. The largest absolute Gasteiger partial charge is 0.416 e. The third-order valence-electron chi connectivity index (χ3n) is 4.32. The highest BCUT2D eigenvalue weighted by Gasteiger charge is 2.24. The number of fused-ring (bicyclic) bond motifs is 1. The maximum atomic E-state index is 12.5. The first-order valence-electron chi connectivity index (χ1n) is 7.64. The van der Waals surface area contributed by atoms with E-state index in [1.54, 1.807) is 31.3 Å². The van der Waals surface area contributed by atoms with Crippen LogP contribution in [0.15, 0.2) is 28.3 Å². The van der Waals surface area contributed by atoms with Crippen molar-refractivity contribution in [3.63, 3.8) is 0 Å². The van der Waals surface area contributed by atoms with E-state index in [1.165, 1.54) is 9.13 Å². The molecule has 0 bridgehead atoms. The van der Waals surface area contributed by atoms with Crippen LogP contribution in [0, 0.1) is 0 Å². The highest BCUT2D eigenvalue weighted by Crippen LogP contribution is 2.19. The van der Waals surface area contributed by atoms with Crippen molar-refractivity contribution in [2.45, 2.75) is 38.3 Å². The first-order valence-corrected chi connectivity index (χ1v) is 7.64. The van der Waals surface area contributed by atoms with Gasteiger partial charge in [-0.15, -0.1) is 5.48 Å². The van der Waals surface area contributed by atoms with Crippen LogP contribution in [0.2, 0.25) is 0 Å². The lowest BCUT2D eigenvalue weighted by Gasteiger charge is -2.20. The van der Waals surface area contributed by atoms with Gasteiger partial charge in [-0.3, -0.25) is 13.9 Å². The molecule has 0 saturated heterocycles. The quantitative estimate of drug-likeness (QED) is 0.807. The van der Waals surface area contributed by atoms with Crippen molar-refractivity contribution in [1.29, 1.82) is 0 Å². The Kier molecular flexibility index (Phi) is 3.85. The molecule has 8 heteroatoms. The molecule has 8 nitrogen and oxygen atoms in total. The molecule has 1 unspecified atom stereocenters. The minimum atomic E-state index is -0.324. The van der Waals surface area contributed by atoms with Crippen molar-refractivity contribution >= 4 is 11.2 Å². The topological polar surface area (TPSA) is 83.1 Å². The van der Waals surface area contributed by atoms with Crippen LogP contribution >= 0.6 is 0 Å².